The summed E-state index contributed by atoms with van der Waals surface area (Å²) in [6.45, 7) is 5.17. The third-order valence-corrected chi connectivity index (χ3v) is 6.02. The molecule has 0 aliphatic heterocycles. The molecule has 2 atom stereocenters. The fourth-order valence-electron chi connectivity index (χ4n) is 4.53. The fraction of sp³-hybridized carbons (Fsp3) is 0.750. The van der Waals surface area contributed by atoms with Gasteiger partial charge < -0.3 is 15.0 Å². The molecule has 0 radical (unpaired) electrons. The van der Waals surface area contributed by atoms with Crippen molar-refractivity contribution in [3.63, 3.8) is 0 Å². The van der Waals surface area contributed by atoms with E-state index in [1.165, 1.54) is 32.1 Å². The Morgan fingerprint density at radius 1 is 1.15 bits per heavy atom. The van der Waals surface area contributed by atoms with Crippen LogP contribution in [0.25, 0.3) is 0 Å². The molecular weight excluding hydrogens is 330 g/mol. The van der Waals surface area contributed by atoms with E-state index in [9.17, 15) is 9.59 Å². The molecule has 1 heterocycles. The highest BCUT2D eigenvalue weighted by atomic mass is 16.5. The Morgan fingerprint density at radius 2 is 1.85 bits per heavy atom. The minimum Gasteiger partial charge on any atom is -0.467 e. The quantitative estimate of drug-likeness (QED) is 0.782. The summed E-state index contributed by atoms with van der Waals surface area (Å²) in [6.07, 6.45) is 8.86. The molecule has 2 N–H and O–H groups in total. The Morgan fingerprint density at radius 3 is 2.54 bits per heavy atom. The maximum absolute atomic E-state index is 12.2. The van der Waals surface area contributed by atoms with Crippen LogP contribution in [0.2, 0.25) is 0 Å². The zero-order chi connectivity index (χ0) is 18.5. The van der Waals surface area contributed by atoms with E-state index in [-0.39, 0.29) is 12.5 Å². The van der Waals surface area contributed by atoms with Gasteiger partial charge in [0.05, 0.1) is 0 Å². The van der Waals surface area contributed by atoms with E-state index < -0.39 is 5.69 Å². The molecule has 1 amide bonds. The van der Waals surface area contributed by atoms with E-state index in [2.05, 4.69) is 29.1 Å². The number of nitrogens with one attached hydrogen (secondary N) is 2. The normalized spacial score (nSPS) is 24.9. The van der Waals surface area contributed by atoms with Crippen LogP contribution < -0.4 is 15.7 Å². The van der Waals surface area contributed by atoms with E-state index in [1.54, 1.807) is 0 Å². The van der Waals surface area contributed by atoms with Gasteiger partial charge in [-0.25, -0.2) is 4.79 Å². The Labute approximate surface area is 155 Å². The lowest BCUT2D eigenvalue weighted by molar-refractivity contribution is -0.123. The van der Waals surface area contributed by atoms with Crippen LogP contribution in [0.15, 0.2) is 4.79 Å². The molecule has 1 fully saturated rings. The van der Waals surface area contributed by atoms with Crippen LogP contribution in [0.5, 0.6) is 5.88 Å². The van der Waals surface area contributed by atoms with E-state index in [0.29, 0.717) is 11.8 Å². The SMILES string of the molecule is CCC1CC(CC)CC(CNC(=O)COc2nc(=O)[nH]c3c2CCC3)C1. The number of rotatable bonds is 7. The van der Waals surface area contributed by atoms with Crippen molar-refractivity contribution in [3.05, 3.63) is 21.7 Å². The van der Waals surface area contributed by atoms with Gasteiger partial charge in [0, 0.05) is 17.8 Å². The minimum atomic E-state index is -0.403. The first kappa shape index (κ1) is 18.9. The largest absolute Gasteiger partial charge is 0.467 e. The van der Waals surface area contributed by atoms with Crippen molar-refractivity contribution in [1.29, 1.82) is 0 Å². The second kappa shape index (κ2) is 8.69. The second-order valence-corrected chi connectivity index (χ2v) is 7.87. The van der Waals surface area contributed by atoms with Crippen molar-refractivity contribution in [1.82, 2.24) is 15.3 Å². The van der Waals surface area contributed by atoms with Crippen molar-refractivity contribution in [3.8, 4) is 5.88 Å². The van der Waals surface area contributed by atoms with Gasteiger partial charge in [-0.05, 0) is 56.3 Å². The summed E-state index contributed by atoms with van der Waals surface area (Å²) in [7, 11) is 0. The summed E-state index contributed by atoms with van der Waals surface area (Å²) in [5.74, 6) is 2.32. The van der Waals surface area contributed by atoms with Gasteiger partial charge in [0.1, 0.15) is 0 Å². The Balaban J connectivity index is 1.48. The molecule has 2 aliphatic rings. The van der Waals surface area contributed by atoms with Crippen LogP contribution in [0.1, 0.15) is 63.6 Å². The highest BCUT2D eigenvalue weighted by molar-refractivity contribution is 5.77. The number of nitrogens with zero attached hydrogens (tertiary/aromatic N) is 1. The first-order valence-electron chi connectivity index (χ1n) is 10.1. The molecule has 6 nitrogen and oxygen atoms in total. The smallest absolute Gasteiger partial charge is 0.348 e. The first-order valence-corrected chi connectivity index (χ1v) is 10.1. The number of fused-ring (bicyclic) bond motifs is 1. The average molecular weight is 361 g/mol. The van der Waals surface area contributed by atoms with E-state index in [4.69, 9.17) is 4.74 Å². The molecule has 0 bridgehead atoms. The fourth-order valence-corrected chi connectivity index (χ4v) is 4.53. The molecule has 0 spiro atoms. The summed E-state index contributed by atoms with van der Waals surface area (Å²) in [5, 5.41) is 3.02. The van der Waals surface area contributed by atoms with Crippen LogP contribution in [0.3, 0.4) is 0 Å². The van der Waals surface area contributed by atoms with Crippen molar-refractivity contribution in [2.45, 2.75) is 65.2 Å². The van der Waals surface area contributed by atoms with Crippen molar-refractivity contribution < 1.29 is 9.53 Å². The molecule has 2 unspecified atom stereocenters. The van der Waals surface area contributed by atoms with Gasteiger partial charge >= 0.3 is 5.69 Å². The summed E-state index contributed by atoms with van der Waals surface area (Å²) < 4.78 is 5.57. The molecule has 1 aromatic heterocycles. The highest BCUT2D eigenvalue weighted by Gasteiger charge is 2.27. The first-order chi connectivity index (χ1) is 12.6. The number of hydrogen-bond acceptors (Lipinski definition) is 4. The third-order valence-electron chi connectivity index (χ3n) is 6.02. The lowest BCUT2D eigenvalue weighted by atomic mass is 9.73. The average Bonchev–Trinajstić information content (AvgIpc) is 3.12. The van der Waals surface area contributed by atoms with Crippen LogP contribution in [0.4, 0.5) is 0 Å². The maximum Gasteiger partial charge on any atom is 0.348 e. The standard InChI is InChI=1S/C20H31N3O3/c1-3-13-8-14(4-2)10-15(9-13)11-21-18(24)12-26-19-16-6-5-7-17(16)22-20(25)23-19/h13-15H,3-12H2,1-2H3,(H,21,24)(H,22,23,25). The summed E-state index contributed by atoms with van der Waals surface area (Å²) in [5.41, 5.74) is 1.44. The number of amides is 1. The molecule has 0 aromatic carbocycles. The van der Waals surface area contributed by atoms with Gasteiger partial charge in [-0.3, -0.25) is 4.79 Å². The molecule has 144 valence electrons. The topological polar surface area (TPSA) is 84.1 Å². The summed E-state index contributed by atoms with van der Waals surface area (Å²) >= 11 is 0. The number of aryl methyl sites for hydroxylation is 1. The third kappa shape index (κ3) is 4.65. The van der Waals surface area contributed by atoms with Crippen molar-refractivity contribution >= 4 is 5.91 Å². The Bertz CT molecular complexity index is 673. The van der Waals surface area contributed by atoms with Gasteiger partial charge in [0.2, 0.25) is 5.88 Å². The van der Waals surface area contributed by atoms with Gasteiger partial charge in [-0.2, -0.15) is 4.98 Å². The van der Waals surface area contributed by atoms with Crippen LogP contribution in [-0.2, 0) is 17.6 Å². The zero-order valence-electron chi connectivity index (χ0n) is 16.0. The molecule has 6 heteroatoms. The Hall–Kier alpha value is -1.85. The number of hydrogen-bond donors (Lipinski definition) is 2. The van der Waals surface area contributed by atoms with Crippen LogP contribution in [-0.4, -0.2) is 29.0 Å². The molecule has 1 saturated carbocycles. The number of H-pyrrole nitrogens is 1. The maximum atomic E-state index is 12.2. The lowest BCUT2D eigenvalue weighted by Gasteiger charge is -2.34. The highest BCUT2D eigenvalue weighted by Crippen LogP contribution is 2.36. The molecule has 2 aliphatic carbocycles. The molecule has 1 aromatic rings. The number of ether oxygens (including phenoxy) is 1. The van der Waals surface area contributed by atoms with Gasteiger partial charge in [-0.1, -0.05) is 26.7 Å². The number of carbonyl (C=O) groups excluding carboxylic acids is 1. The van der Waals surface area contributed by atoms with E-state index in [0.717, 1.165) is 48.9 Å². The summed E-state index contributed by atoms with van der Waals surface area (Å²) in [6, 6.07) is 0. The number of carbonyl (C=O) groups is 1. The van der Waals surface area contributed by atoms with Crippen LogP contribution in [0, 0.1) is 17.8 Å². The van der Waals surface area contributed by atoms with Crippen molar-refractivity contribution in [2.75, 3.05) is 13.2 Å². The van der Waals surface area contributed by atoms with E-state index >= 15 is 0 Å². The Kier molecular flexibility index (Phi) is 6.33. The van der Waals surface area contributed by atoms with Gasteiger partial charge in [0.25, 0.3) is 5.91 Å². The van der Waals surface area contributed by atoms with Crippen molar-refractivity contribution in [2.24, 2.45) is 17.8 Å². The van der Waals surface area contributed by atoms with Gasteiger partial charge in [-0.15, -0.1) is 0 Å². The van der Waals surface area contributed by atoms with Crippen LogP contribution >= 0.6 is 0 Å². The van der Waals surface area contributed by atoms with E-state index in [1.807, 2.05) is 0 Å². The molecule has 26 heavy (non-hydrogen) atoms. The van der Waals surface area contributed by atoms with Gasteiger partial charge in [0.15, 0.2) is 6.61 Å². The minimum absolute atomic E-state index is 0.0793. The number of aromatic nitrogens is 2. The second-order valence-electron chi connectivity index (χ2n) is 7.87. The zero-order valence-corrected chi connectivity index (χ0v) is 16.0. The lowest BCUT2D eigenvalue weighted by Crippen LogP contribution is -2.36. The molecule has 3 rings (SSSR count). The molecular formula is C20H31N3O3. The summed E-state index contributed by atoms with van der Waals surface area (Å²) in [4.78, 5) is 30.4. The predicted molar refractivity (Wildman–Crippen MR) is 100 cm³/mol. The number of aromatic amines is 1. The predicted octanol–water partition coefficient (Wildman–Crippen LogP) is 2.61. The molecule has 0 saturated heterocycles. The monoisotopic (exact) mass is 361 g/mol.